The SMILES string of the molecule is [B][B]B([B])B(B(B([B])[B])B([B])[B])B(B(B([B])[B])B([B][B])B([B])[B])B(B(B([B])[B])B([B])B([B])[B])C1CCC(B(B(B([B])[B])B([B])[B][B])B(B(B([B])[B])B([B])[B])c2ccc(C)cc2)CC1. The number of aryl methyl sites for hydroxylation is 1. The van der Waals surface area contributed by atoms with Crippen LogP contribution in [0, 0.1) is 6.92 Å². The molecule has 63 heavy (non-hydrogen) atoms. The van der Waals surface area contributed by atoms with Gasteiger partial charge < -0.3 is 0 Å². The number of benzene rings is 1. The van der Waals surface area contributed by atoms with E-state index < -0.39 is 147 Å². The predicted octanol–water partition coefficient (Wildman–Crippen LogP) is -15.6. The second kappa shape index (κ2) is 29.1. The molecule has 0 heterocycles. The number of rotatable bonds is 27. The van der Waals surface area contributed by atoms with E-state index in [1.165, 1.54) is 21.2 Å². The third-order valence-corrected chi connectivity index (χ3v) is 14.3. The Morgan fingerprint density at radius 3 is 1.10 bits per heavy atom. The molecule has 1 aliphatic rings. The Labute approximate surface area is 430 Å². The highest BCUT2D eigenvalue weighted by Crippen LogP contribution is 2.43. The molecule has 1 aliphatic carbocycles. The van der Waals surface area contributed by atoms with E-state index in [2.05, 4.69) is 0 Å². The van der Waals surface area contributed by atoms with Crippen LogP contribution in [0.1, 0.15) is 31.2 Å². The normalized spacial score (nSPS) is 13.8. The molecule has 219 valence electrons. The Hall–Kier alpha value is 2.47. The molecule has 1 saturated carbocycles. The molecule has 0 bridgehead atoms. The zero-order chi connectivity index (χ0) is 48.4. The standard InChI is InChI=1S/C13H17B50/c1-10-2-4-11(5-3-10)41(57(46(21)22)47(23)24)42(58(48(25)26)53(35)38-14)12-6-8-13(9-7-12)43(59(49(27)28)55(37)44(17)18)60(62(52(33)34)56(40-16)45(19)20)63(54(36)39-15)61(50(29)30)51(31)32/h2-5,12-13H,6-9H2,1H3. The van der Waals surface area contributed by atoms with Gasteiger partial charge in [-0.05, 0) is 6.92 Å². The van der Waals surface area contributed by atoms with Crippen molar-refractivity contribution in [2.75, 3.05) is 0 Å². The van der Waals surface area contributed by atoms with Crippen molar-refractivity contribution in [1.29, 1.82) is 0 Å². The van der Waals surface area contributed by atoms with Gasteiger partial charge in [-0.15, -0.1) is 0 Å². The third-order valence-electron chi connectivity index (χ3n) is 14.3. The number of hydrogen-bond acceptors (Lipinski definition) is 0. The molecule has 0 spiro atoms. The highest BCUT2D eigenvalue weighted by atomic mass is 14.2. The summed E-state index contributed by atoms with van der Waals surface area (Å²) in [5.41, 5.74) is 1.91. The average Bonchev–Trinajstić information content (AvgIpc) is 3.19. The molecule has 1 fully saturated rings. The van der Waals surface area contributed by atoms with Gasteiger partial charge in [0.05, 0.1) is 13.0 Å². The summed E-state index contributed by atoms with van der Waals surface area (Å²) in [6.07, 6.45) is -16.7. The smallest absolute Gasteiger partial charge is 0.0900 e. The van der Waals surface area contributed by atoms with E-state index in [-0.39, 0.29) is 11.6 Å². The molecule has 0 N–H and O–H groups in total. The van der Waals surface area contributed by atoms with Gasteiger partial charge in [-0.25, -0.2) is 0 Å². The van der Waals surface area contributed by atoms with E-state index in [0.29, 0.717) is 25.7 Å². The lowest BCUT2D eigenvalue weighted by atomic mass is 8.32. The number of hydrogen-bond donors (Lipinski definition) is 0. The molecular weight excluding hydrogens is 697 g/mol. The average molecular weight is 714 g/mol. The zero-order valence-corrected chi connectivity index (χ0v) is 37.2. The molecule has 0 aromatic heterocycles. The largest absolute Gasteiger partial charge is 0.0984 e. The van der Waals surface area contributed by atoms with E-state index in [0.717, 1.165) is 11.0 Å². The van der Waals surface area contributed by atoms with Crippen LogP contribution < -0.4 is 5.46 Å². The van der Waals surface area contributed by atoms with E-state index in [1.54, 1.807) is 0 Å². The molecule has 1 aromatic carbocycles. The van der Waals surface area contributed by atoms with Gasteiger partial charge in [0.15, 0.2) is 0 Å². The minimum Gasteiger partial charge on any atom is -0.0984 e. The van der Waals surface area contributed by atoms with Gasteiger partial charge in [-0.1, -0.05) is 72.6 Å². The van der Waals surface area contributed by atoms with Gasteiger partial charge in [-0.3, -0.25) is 0 Å². The molecule has 0 aliphatic heterocycles. The lowest BCUT2D eigenvalue weighted by Crippen LogP contribution is -2.88. The first kappa shape index (κ1) is 61.6. The van der Waals surface area contributed by atoms with Crippen LogP contribution >= 0.6 is 0 Å². The van der Waals surface area contributed by atoms with E-state index >= 15 is 0 Å². The molecule has 0 nitrogen and oxygen atoms in total. The van der Waals surface area contributed by atoms with Crippen molar-refractivity contribution < 1.29 is 0 Å². The van der Waals surface area contributed by atoms with Gasteiger partial charge in [0.25, 0.3) is 0 Å². The van der Waals surface area contributed by atoms with Crippen LogP contribution in [-0.2, 0) is 0 Å². The summed E-state index contributed by atoms with van der Waals surface area (Å²) in [6.45, 7) is 0.392. The van der Waals surface area contributed by atoms with Crippen LogP contribution in [0.5, 0.6) is 0 Å². The lowest BCUT2D eigenvalue weighted by molar-refractivity contribution is 0.499. The van der Waals surface area contributed by atoms with Crippen molar-refractivity contribution in [2.24, 2.45) is 0 Å². The Morgan fingerprint density at radius 1 is 0.381 bits per heavy atom. The summed E-state index contributed by atoms with van der Waals surface area (Å²) in [5.74, 6) is -0.455. The first-order chi connectivity index (χ1) is 29.3. The van der Waals surface area contributed by atoms with Crippen molar-refractivity contribution in [1.82, 2.24) is 0 Å². The Bertz CT molecular complexity index is 1360. The molecule has 51 radical (unpaired) electrons. The van der Waals surface area contributed by atoms with Gasteiger partial charge in [0.2, 0.25) is 0 Å². The second-order valence-corrected chi connectivity index (χ2v) is 18.4. The Morgan fingerprint density at radius 2 is 0.762 bits per heavy atom. The first-order valence-electron chi connectivity index (χ1n) is 21.9. The van der Waals surface area contributed by atoms with Crippen molar-refractivity contribution in [3.63, 3.8) is 0 Å². The minimum absolute atomic E-state index is 0.152. The highest BCUT2D eigenvalue weighted by molar-refractivity contribution is 8.25. The van der Waals surface area contributed by atoms with E-state index in [1.807, 2.05) is 31.2 Å². The Balaban J connectivity index is 3.13. The summed E-state index contributed by atoms with van der Waals surface area (Å²) in [5, 5.41) is 0. The fraction of sp³-hybridized carbons (Fsp3) is 0.538. The van der Waals surface area contributed by atoms with Gasteiger partial charge in [-0.2, -0.15) is 0 Å². The van der Waals surface area contributed by atoms with Crippen LogP contribution in [0.3, 0.4) is 0 Å². The van der Waals surface area contributed by atoms with E-state index in [4.69, 9.17) is 186 Å². The summed E-state index contributed by atoms with van der Waals surface area (Å²) < 4.78 is 0. The first-order valence-corrected chi connectivity index (χ1v) is 21.9. The second-order valence-electron chi connectivity index (χ2n) is 18.4. The van der Waals surface area contributed by atoms with Crippen LogP contribution in [0.25, 0.3) is 0 Å². The van der Waals surface area contributed by atoms with Crippen molar-refractivity contribution in [3.05, 3.63) is 29.8 Å². The van der Waals surface area contributed by atoms with Crippen LogP contribution in [-0.4, -0.2) is 354 Å². The van der Waals surface area contributed by atoms with Crippen LogP contribution in [0.15, 0.2) is 24.3 Å². The molecule has 50 heteroatoms. The minimum atomic E-state index is -1.15. The highest BCUT2D eigenvalue weighted by Gasteiger charge is 2.57. The molecule has 1 aromatic rings. The summed E-state index contributed by atoms with van der Waals surface area (Å²) in [6, 6.07) is 7.98. The van der Waals surface area contributed by atoms with E-state index in [9.17, 15) is 0 Å². The van der Waals surface area contributed by atoms with Gasteiger partial charge in [0, 0.05) is 341 Å². The quantitative estimate of drug-likeness (QED) is 0.0797. The van der Waals surface area contributed by atoms with Crippen molar-refractivity contribution >= 4 is 360 Å². The Kier molecular flexibility index (Phi) is 28.4. The van der Waals surface area contributed by atoms with Gasteiger partial charge >= 0.3 is 0 Å². The lowest BCUT2D eigenvalue weighted by Gasteiger charge is -2.54. The molecule has 0 atom stereocenters. The molecule has 0 amide bonds. The monoisotopic (exact) mass is 724 g/mol. The molecular formula is C13H17B50. The third kappa shape index (κ3) is 16.2. The fourth-order valence-electron chi connectivity index (χ4n) is 11.5. The van der Waals surface area contributed by atoms with Crippen LogP contribution in [0.4, 0.5) is 0 Å². The summed E-state index contributed by atoms with van der Waals surface area (Å²) in [7, 11) is 162. The maximum absolute atomic E-state index is 6.95. The molecule has 0 saturated heterocycles. The maximum Gasteiger partial charge on any atom is 0.0900 e. The van der Waals surface area contributed by atoms with Crippen LogP contribution in [0.2, 0.25) is 11.6 Å². The summed E-state index contributed by atoms with van der Waals surface area (Å²) in [4.78, 5) is 0. The summed E-state index contributed by atoms with van der Waals surface area (Å²) >= 11 is 0. The van der Waals surface area contributed by atoms with Crippen molar-refractivity contribution in [3.8, 4) is 0 Å². The van der Waals surface area contributed by atoms with Crippen molar-refractivity contribution in [2.45, 2.75) is 44.2 Å². The maximum atomic E-state index is 6.95. The molecule has 2 rings (SSSR count). The topological polar surface area (TPSA) is 0 Å². The predicted molar refractivity (Wildman–Crippen MR) is 344 cm³/mol. The molecule has 0 unspecified atom stereocenters. The fourth-order valence-corrected chi connectivity index (χ4v) is 11.5. The zero-order valence-electron chi connectivity index (χ0n) is 37.2. The van der Waals surface area contributed by atoms with Gasteiger partial charge in [0.1, 0.15) is 0 Å².